The number of nitrogens with two attached hydrogens (primary N) is 2. The van der Waals surface area contributed by atoms with Gasteiger partial charge in [0.05, 0.1) is 12.6 Å². The van der Waals surface area contributed by atoms with E-state index in [1.54, 1.807) is 18.7 Å². The molecule has 1 aliphatic rings. The van der Waals surface area contributed by atoms with Crippen molar-refractivity contribution in [1.82, 2.24) is 9.97 Å². The van der Waals surface area contributed by atoms with Gasteiger partial charge in [-0.3, -0.25) is 0 Å². The summed E-state index contributed by atoms with van der Waals surface area (Å²) in [7, 11) is 0. The molecular weight excluding hydrogens is 331 g/mol. The summed E-state index contributed by atoms with van der Waals surface area (Å²) in [5, 5.41) is 0. The van der Waals surface area contributed by atoms with Crippen LogP contribution in [-0.2, 0) is 9.53 Å². The van der Waals surface area contributed by atoms with Crippen LogP contribution < -0.4 is 21.1 Å². The number of rotatable bonds is 4. The van der Waals surface area contributed by atoms with Gasteiger partial charge >= 0.3 is 18.2 Å². The Morgan fingerprint density at radius 1 is 1.33 bits per heavy atom. The van der Waals surface area contributed by atoms with Crippen LogP contribution in [0.2, 0.25) is 0 Å². The molecule has 1 aromatic heterocycles. The first-order chi connectivity index (χ1) is 11.1. The molecule has 0 saturated carbocycles. The average molecular weight is 349 g/mol. The smallest absolute Gasteiger partial charge is 0.461 e. The number of ether oxygens (including phenoxy) is 2. The molecule has 0 radical (unpaired) electrons. The number of halogens is 3. The van der Waals surface area contributed by atoms with Gasteiger partial charge < -0.3 is 25.8 Å². The Morgan fingerprint density at radius 2 is 2.00 bits per heavy atom. The first-order valence-corrected chi connectivity index (χ1v) is 7.20. The maximum Gasteiger partial charge on any atom is 0.490 e. The summed E-state index contributed by atoms with van der Waals surface area (Å²) < 4.78 is 46.6. The van der Waals surface area contributed by atoms with Gasteiger partial charge in [-0.2, -0.15) is 23.1 Å². The van der Waals surface area contributed by atoms with E-state index in [1.807, 2.05) is 0 Å². The Balaban J connectivity index is 2.13. The summed E-state index contributed by atoms with van der Waals surface area (Å²) in [6, 6.07) is 0.0161. The Kier molecular flexibility index (Phi) is 4.90. The fourth-order valence-corrected chi connectivity index (χ4v) is 2.19. The molecule has 0 aromatic carbocycles. The molecule has 134 valence electrons. The molecule has 4 N–H and O–H groups in total. The third-order valence-electron chi connectivity index (χ3n) is 3.23. The summed E-state index contributed by atoms with van der Waals surface area (Å²) in [4.78, 5) is 20.5. The largest absolute Gasteiger partial charge is 0.490 e. The van der Waals surface area contributed by atoms with E-state index in [0.717, 1.165) is 0 Å². The number of carbonyl (C=O) groups is 1. The summed E-state index contributed by atoms with van der Waals surface area (Å²) in [5.41, 5.74) is 11.7. The van der Waals surface area contributed by atoms with Crippen LogP contribution in [0, 0.1) is 0 Å². The minimum absolute atomic E-state index is 0.00591. The van der Waals surface area contributed by atoms with E-state index >= 15 is 0 Å². The number of carbonyl (C=O) groups excluding carboxylic acids is 1. The summed E-state index contributed by atoms with van der Waals surface area (Å²) in [6.45, 7) is 3.87. The minimum atomic E-state index is -5.02. The molecule has 8 nitrogen and oxygen atoms in total. The normalized spacial score (nSPS) is 18.1. The van der Waals surface area contributed by atoms with Gasteiger partial charge in [-0.1, -0.05) is 0 Å². The molecule has 24 heavy (non-hydrogen) atoms. The highest BCUT2D eigenvalue weighted by molar-refractivity contribution is 5.76. The lowest BCUT2D eigenvalue weighted by molar-refractivity contribution is -0.203. The van der Waals surface area contributed by atoms with Crippen LogP contribution in [-0.4, -0.2) is 47.4 Å². The molecule has 1 fully saturated rings. The zero-order valence-corrected chi connectivity index (χ0v) is 13.1. The molecule has 1 aliphatic heterocycles. The number of anilines is 3. The molecule has 1 atom stereocenters. The molecule has 2 rings (SSSR count). The Hall–Kier alpha value is -2.46. The van der Waals surface area contributed by atoms with Gasteiger partial charge in [0.25, 0.3) is 0 Å². The topological polar surface area (TPSA) is 117 Å². The summed E-state index contributed by atoms with van der Waals surface area (Å²) in [5.74, 6) is -1.97. The molecule has 11 heteroatoms. The highest BCUT2D eigenvalue weighted by Crippen LogP contribution is 2.31. The van der Waals surface area contributed by atoms with E-state index in [4.69, 9.17) is 16.2 Å². The number of hydrogen-bond donors (Lipinski definition) is 2. The van der Waals surface area contributed by atoms with E-state index in [2.05, 4.69) is 14.7 Å². The first-order valence-electron chi connectivity index (χ1n) is 7.20. The first kappa shape index (κ1) is 17.9. The van der Waals surface area contributed by atoms with Gasteiger partial charge in [0.15, 0.2) is 11.6 Å². The molecule has 1 aromatic rings. The monoisotopic (exact) mass is 349 g/mol. The predicted octanol–water partition coefficient (Wildman–Crippen LogP) is 1.11. The number of alkyl halides is 3. The van der Waals surface area contributed by atoms with Crippen LogP contribution in [0.5, 0.6) is 6.01 Å². The van der Waals surface area contributed by atoms with Crippen LogP contribution >= 0.6 is 0 Å². The SMILES string of the molecule is CC(C)Oc1nc(N)c(N)c(N2CC[C@H](OC(=O)C(F)(F)F)C2)n1. The number of nitrogen functional groups attached to an aromatic ring is 2. The van der Waals surface area contributed by atoms with Crippen LogP contribution in [0.3, 0.4) is 0 Å². The van der Waals surface area contributed by atoms with E-state index in [-0.39, 0.29) is 42.4 Å². The molecule has 0 unspecified atom stereocenters. The van der Waals surface area contributed by atoms with Gasteiger partial charge in [-0.05, 0) is 13.8 Å². The molecule has 1 saturated heterocycles. The zero-order valence-electron chi connectivity index (χ0n) is 13.1. The van der Waals surface area contributed by atoms with Crippen molar-refractivity contribution in [2.24, 2.45) is 0 Å². The number of nitrogens with zero attached hydrogens (tertiary/aromatic N) is 3. The quantitative estimate of drug-likeness (QED) is 0.777. The van der Waals surface area contributed by atoms with Crippen molar-refractivity contribution >= 4 is 23.3 Å². The molecule has 0 spiro atoms. The van der Waals surface area contributed by atoms with E-state index in [1.165, 1.54) is 0 Å². The van der Waals surface area contributed by atoms with Gasteiger partial charge in [-0.25, -0.2) is 4.79 Å². The fourth-order valence-electron chi connectivity index (χ4n) is 2.19. The third kappa shape index (κ3) is 4.09. The minimum Gasteiger partial charge on any atom is -0.461 e. The fraction of sp³-hybridized carbons (Fsp3) is 0.615. The molecule has 0 aliphatic carbocycles. The van der Waals surface area contributed by atoms with Crippen molar-refractivity contribution in [3.8, 4) is 6.01 Å². The van der Waals surface area contributed by atoms with Crippen LogP contribution in [0.25, 0.3) is 0 Å². The Labute approximate surface area is 135 Å². The number of esters is 1. The second kappa shape index (κ2) is 6.57. The van der Waals surface area contributed by atoms with E-state index < -0.39 is 18.2 Å². The number of aromatic nitrogens is 2. The van der Waals surface area contributed by atoms with Gasteiger partial charge in [0.2, 0.25) is 0 Å². The number of hydrogen-bond acceptors (Lipinski definition) is 8. The van der Waals surface area contributed by atoms with Crippen molar-refractivity contribution in [1.29, 1.82) is 0 Å². The predicted molar refractivity (Wildman–Crippen MR) is 79.4 cm³/mol. The summed E-state index contributed by atoms with van der Waals surface area (Å²) in [6.07, 6.45) is -5.92. The van der Waals surface area contributed by atoms with Gasteiger partial charge in [0.1, 0.15) is 11.8 Å². The van der Waals surface area contributed by atoms with Crippen molar-refractivity contribution < 1.29 is 27.4 Å². The third-order valence-corrected chi connectivity index (χ3v) is 3.23. The van der Waals surface area contributed by atoms with Crippen molar-refractivity contribution in [2.75, 3.05) is 29.5 Å². The van der Waals surface area contributed by atoms with Gasteiger partial charge in [0, 0.05) is 13.0 Å². The van der Waals surface area contributed by atoms with Crippen molar-refractivity contribution in [3.05, 3.63) is 0 Å². The maximum atomic E-state index is 12.3. The molecular formula is C13H18F3N5O3. The maximum absolute atomic E-state index is 12.3. The van der Waals surface area contributed by atoms with Crippen LogP contribution in [0.4, 0.5) is 30.5 Å². The van der Waals surface area contributed by atoms with Gasteiger partial charge in [-0.15, -0.1) is 0 Å². The summed E-state index contributed by atoms with van der Waals surface area (Å²) >= 11 is 0. The van der Waals surface area contributed by atoms with Crippen LogP contribution in [0.15, 0.2) is 0 Å². The lowest BCUT2D eigenvalue weighted by Gasteiger charge is -2.21. The van der Waals surface area contributed by atoms with Crippen LogP contribution in [0.1, 0.15) is 20.3 Å². The second-order valence-electron chi connectivity index (χ2n) is 5.56. The zero-order chi connectivity index (χ0) is 18.1. The lowest BCUT2D eigenvalue weighted by Crippen LogP contribution is -2.32. The van der Waals surface area contributed by atoms with Crippen molar-refractivity contribution in [2.45, 2.75) is 38.7 Å². The Bertz CT molecular complexity index is 624. The van der Waals surface area contributed by atoms with E-state index in [9.17, 15) is 18.0 Å². The molecule has 0 bridgehead atoms. The highest BCUT2D eigenvalue weighted by Gasteiger charge is 2.43. The Morgan fingerprint density at radius 3 is 2.58 bits per heavy atom. The van der Waals surface area contributed by atoms with Crippen molar-refractivity contribution in [3.63, 3.8) is 0 Å². The second-order valence-corrected chi connectivity index (χ2v) is 5.56. The average Bonchev–Trinajstić information content (AvgIpc) is 2.89. The van der Waals surface area contributed by atoms with E-state index in [0.29, 0.717) is 6.54 Å². The highest BCUT2D eigenvalue weighted by atomic mass is 19.4. The lowest BCUT2D eigenvalue weighted by atomic mass is 10.3. The standard InChI is InChI=1S/C13H18F3N5O3/c1-6(2)23-12-19-9(18)8(17)10(20-12)21-4-3-7(5-21)24-11(22)13(14,15)16/h6-7H,3-5,17H2,1-2H3,(H2,18,19,20)/t7-/m0/s1. The molecule has 2 heterocycles. The molecule has 0 amide bonds.